The van der Waals surface area contributed by atoms with Crippen LogP contribution in [0.25, 0.3) is 0 Å². The SMILES string of the molecule is NC(=O)OCC(OC(N)=O)c1ccc(Cl)s1. The van der Waals surface area contributed by atoms with Crippen molar-refractivity contribution in [3.8, 4) is 0 Å². The maximum atomic E-state index is 10.6. The molecule has 0 aliphatic carbocycles. The maximum absolute atomic E-state index is 10.6. The summed E-state index contributed by atoms with van der Waals surface area (Å²) in [7, 11) is 0. The lowest BCUT2D eigenvalue weighted by atomic mass is 10.3. The topological polar surface area (TPSA) is 105 Å². The van der Waals surface area contributed by atoms with E-state index in [1.807, 2.05) is 0 Å². The maximum Gasteiger partial charge on any atom is 0.405 e. The number of amides is 2. The summed E-state index contributed by atoms with van der Waals surface area (Å²) >= 11 is 6.91. The van der Waals surface area contributed by atoms with Gasteiger partial charge >= 0.3 is 12.2 Å². The van der Waals surface area contributed by atoms with Crippen molar-refractivity contribution >= 4 is 35.1 Å². The molecule has 2 amide bonds. The minimum absolute atomic E-state index is 0.199. The second-order valence-electron chi connectivity index (χ2n) is 2.70. The average Bonchev–Trinajstić information content (AvgIpc) is 2.58. The summed E-state index contributed by atoms with van der Waals surface area (Å²) in [4.78, 5) is 21.7. The summed E-state index contributed by atoms with van der Waals surface area (Å²) in [5, 5.41) is 0. The largest absolute Gasteiger partial charge is 0.445 e. The third kappa shape index (κ3) is 3.95. The molecular formula is C8H9ClN2O4S. The van der Waals surface area contributed by atoms with Crippen molar-refractivity contribution in [1.82, 2.24) is 0 Å². The van der Waals surface area contributed by atoms with Crippen molar-refractivity contribution in [2.24, 2.45) is 11.5 Å². The van der Waals surface area contributed by atoms with E-state index < -0.39 is 18.3 Å². The molecule has 1 aromatic heterocycles. The highest BCUT2D eigenvalue weighted by atomic mass is 35.5. The Balaban J connectivity index is 2.70. The zero-order chi connectivity index (χ0) is 12.1. The van der Waals surface area contributed by atoms with E-state index in [1.54, 1.807) is 12.1 Å². The molecule has 1 atom stereocenters. The van der Waals surface area contributed by atoms with Gasteiger partial charge in [-0.3, -0.25) is 0 Å². The van der Waals surface area contributed by atoms with E-state index in [0.717, 1.165) is 0 Å². The van der Waals surface area contributed by atoms with Crippen LogP contribution >= 0.6 is 22.9 Å². The van der Waals surface area contributed by atoms with E-state index in [9.17, 15) is 9.59 Å². The lowest BCUT2D eigenvalue weighted by Gasteiger charge is -2.14. The van der Waals surface area contributed by atoms with Crippen LogP contribution in [-0.2, 0) is 9.47 Å². The Kier molecular flexibility index (Phi) is 4.39. The first-order chi connectivity index (χ1) is 7.49. The number of ether oxygens (including phenoxy) is 2. The number of hydrogen-bond donors (Lipinski definition) is 2. The number of hydrogen-bond acceptors (Lipinski definition) is 5. The van der Waals surface area contributed by atoms with E-state index in [1.165, 1.54) is 11.3 Å². The molecule has 1 rings (SSSR count). The third-order valence-corrected chi connectivity index (χ3v) is 2.87. The zero-order valence-electron chi connectivity index (χ0n) is 8.01. The van der Waals surface area contributed by atoms with E-state index in [0.29, 0.717) is 9.21 Å². The summed E-state index contributed by atoms with van der Waals surface area (Å²) in [5.74, 6) is 0. The van der Waals surface area contributed by atoms with Gasteiger partial charge in [-0.15, -0.1) is 11.3 Å². The van der Waals surface area contributed by atoms with E-state index in [4.69, 9.17) is 27.8 Å². The van der Waals surface area contributed by atoms with Crippen molar-refractivity contribution in [2.45, 2.75) is 6.10 Å². The third-order valence-electron chi connectivity index (χ3n) is 1.55. The predicted molar refractivity (Wildman–Crippen MR) is 58.3 cm³/mol. The van der Waals surface area contributed by atoms with Crippen molar-refractivity contribution in [2.75, 3.05) is 6.61 Å². The highest BCUT2D eigenvalue weighted by Crippen LogP contribution is 2.29. The Bertz CT molecular complexity index is 395. The van der Waals surface area contributed by atoms with Crippen molar-refractivity contribution in [3.63, 3.8) is 0 Å². The predicted octanol–water partition coefficient (Wildman–Crippen LogP) is 1.63. The number of thiophene rings is 1. The molecule has 0 spiro atoms. The molecule has 0 aliphatic heterocycles. The van der Waals surface area contributed by atoms with Crippen LogP contribution in [0.2, 0.25) is 4.34 Å². The molecular weight excluding hydrogens is 256 g/mol. The molecule has 0 bridgehead atoms. The van der Waals surface area contributed by atoms with Gasteiger partial charge in [0.05, 0.1) is 9.21 Å². The van der Waals surface area contributed by atoms with E-state index in [2.05, 4.69) is 4.74 Å². The molecule has 1 unspecified atom stereocenters. The Morgan fingerprint density at radius 3 is 2.50 bits per heavy atom. The van der Waals surface area contributed by atoms with Gasteiger partial charge in [-0.05, 0) is 12.1 Å². The number of carbonyl (C=O) groups excluding carboxylic acids is 2. The summed E-state index contributed by atoms with van der Waals surface area (Å²) < 4.78 is 9.82. The van der Waals surface area contributed by atoms with Crippen LogP contribution in [0.5, 0.6) is 0 Å². The minimum atomic E-state index is -0.970. The van der Waals surface area contributed by atoms with Crippen LogP contribution in [0.3, 0.4) is 0 Å². The molecule has 0 saturated carbocycles. The molecule has 0 aliphatic rings. The van der Waals surface area contributed by atoms with Crippen molar-refractivity contribution in [3.05, 3.63) is 21.3 Å². The van der Waals surface area contributed by atoms with Crippen molar-refractivity contribution < 1.29 is 19.1 Å². The fraction of sp³-hybridized carbons (Fsp3) is 0.250. The first kappa shape index (κ1) is 12.6. The van der Waals surface area contributed by atoms with Gasteiger partial charge in [-0.1, -0.05) is 11.6 Å². The van der Waals surface area contributed by atoms with Gasteiger partial charge in [-0.25, -0.2) is 9.59 Å². The smallest absolute Gasteiger partial charge is 0.405 e. The van der Waals surface area contributed by atoms with Gasteiger partial charge in [0.25, 0.3) is 0 Å². The summed E-state index contributed by atoms with van der Waals surface area (Å²) in [6.07, 6.45) is -2.72. The Morgan fingerprint density at radius 2 is 2.06 bits per heavy atom. The summed E-state index contributed by atoms with van der Waals surface area (Å²) in [5.41, 5.74) is 9.68. The molecule has 0 radical (unpaired) electrons. The van der Waals surface area contributed by atoms with Crippen LogP contribution in [0.1, 0.15) is 11.0 Å². The summed E-state index contributed by atoms with van der Waals surface area (Å²) in [6.45, 7) is -0.199. The number of primary amides is 2. The lowest BCUT2D eigenvalue weighted by molar-refractivity contribution is 0.0530. The molecule has 6 nitrogen and oxygen atoms in total. The second-order valence-corrected chi connectivity index (χ2v) is 4.44. The van der Waals surface area contributed by atoms with Crippen molar-refractivity contribution in [1.29, 1.82) is 0 Å². The van der Waals surface area contributed by atoms with Gasteiger partial charge < -0.3 is 20.9 Å². The number of nitrogens with two attached hydrogens (primary N) is 2. The number of halogens is 1. The van der Waals surface area contributed by atoms with Gasteiger partial charge in [0.1, 0.15) is 6.61 Å². The number of carbonyl (C=O) groups is 2. The van der Waals surface area contributed by atoms with Gasteiger partial charge in [0, 0.05) is 0 Å². The first-order valence-corrected chi connectivity index (χ1v) is 5.32. The molecule has 1 heterocycles. The highest BCUT2D eigenvalue weighted by molar-refractivity contribution is 7.16. The van der Waals surface area contributed by atoms with Crippen LogP contribution < -0.4 is 11.5 Å². The van der Waals surface area contributed by atoms with Crippen LogP contribution in [0.4, 0.5) is 9.59 Å². The summed E-state index contributed by atoms with van der Waals surface area (Å²) in [6, 6.07) is 3.27. The molecule has 88 valence electrons. The second kappa shape index (κ2) is 5.57. The van der Waals surface area contributed by atoms with Crippen LogP contribution in [-0.4, -0.2) is 18.8 Å². The molecule has 0 saturated heterocycles. The Morgan fingerprint density at radius 1 is 1.38 bits per heavy atom. The van der Waals surface area contributed by atoms with E-state index >= 15 is 0 Å². The van der Waals surface area contributed by atoms with Crippen LogP contribution in [0, 0.1) is 0 Å². The normalized spacial score (nSPS) is 11.8. The van der Waals surface area contributed by atoms with Gasteiger partial charge in [0.2, 0.25) is 0 Å². The van der Waals surface area contributed by atoms with Gasteiger partial charge in [-0.2, -0.15) is 0 Å². The fourth-order valence-corrected chi connectivity index (χ4v) is 2.05. The monoisotopic (exact) mass is 264 g/mol. The molecule has 8 heteroatoms. The average molecular weight is 265 g/mol. The van der Waals surface area contributed by atoms with Gasteiger partial charge in [0.15, 0.2) is 6.10 Å². The Hall–Kier alpha value is -1.47. The molecule has 0 aromatic carbocycles. The zero-order valence-corrected chi connectivity index (χ0v) is 9.59. The molecule has 4 N–H and O–H groups in total. The van der Waals surface area contributed by atoms with Crippen LogP contribution in [0.15, 0.2) is 12.1 Å². The quantitative estimate of drug-likeness (QED) is 0.862. The first-order valence-electron chi connectivity index (χ1n) is 4.12. The Labute approximate surface area is 100 Å². The number of rotatable bonds is 4. The minimum Gasteiger partial charge on any atom is -0.445 e. The standard InChI is InChI=1S/C8H9ClN2O4S/c9-6-2-1-5(16-6)4(15-8(11)13)3-14-7(10)12/h1-2,4H,3H2,(H2,10,12)(H2,11,13). The molecule has 16 heavy (non-hydrogen) atoms. The molecule has 0 fully saturated rings. The van der Waals surface area contributed by atoms with E-state index in [-0.39, 0.29) is 6.61 Å². The molecule has 1 aromatic rings. The highest BCUT2D eigenvalue weighted by Gasteiger charge is 2.19. The fourth-order valence-electron chi connectivity index (χ4n) is 0.974. The lowest BCUT2D eigenvalue weighted by Crippen LogP contribution is -2.23.